The molecule has 5 rings (SSSR count). The minimum atomic E-state index is -0.103. The molecular formula is C23H36IN5O2. The van der Waals surface area contributed by atoms with Crippen molar-refractivity contribution < 1.29 is 9.59 Å². The van der Waals surface area contributed by atoms with Gasteiger partial charge in [-0.3, -0.25) is 24.4 Å². The Kier molecular flexibility index (Phi) is 7.25. The summed E-state index contributed by atoms with van der Waals surface area (Å²) in [5.74, 6) is 2.11. The first-order valence-corrected chi connectivity index (χ1v) is 12.0. The maximum absolute atomic E-state index is 12.8. The van der Waals surface area contributed by atoms with Gasteiger partial charge in [0.1, 0.15) is 0 Å². The van der Waals surface area contributed by atoms with Crippen LogP contribution in [0.25, 0.3) is 0 Å². The highest BCUT2D eigenvalue weighted by molar-refractivity contribution is 14.0. The summed E-state index contributed by atoms with van der Waals surface area (Å²) in [6, 6.07) is 0.785. The number of rotatable bonds is 10. The Labute approximate surface area is 202 Å². The number of carbonyl (C=O) groups is 2. The molecule has 0 spiro atoms. The molecule has 3 saturated carbocycles. The number of hydrogen-bond donors (Lipinski definition) is 2. The van der Waals surface area contributed by atoms with E-state index in [1.54, 1.807) is 0 Å². The Morgan fingerprint density at radius 1 is 1.10 bits per heavy atom. The van der Waals surface area contributed by atoms with Crippen molar-refractivity contribution in [2.24, 2.45) is 34.6 Å². The number of carbonyl (C=O) groups excluding carboxylic acids is 2. The van der Waals surface area contributed by atoms with Crippen molar-refractivity contribution in [2.75, 3.05) is 39.3 Å². The van der Waals surface area contributed by atoms with Crippen LogP contribution in [0.5, 0.6) is 0 Å². The molecule has 7 nitrogen and oxygen atoms in total. The van der Waals surface area contributed by atoms with Crippen LogP contribution >= 0.6 is 24.0 Å². The minimum Gasteiger partial charge on any atom is -0.357 e. The average Bonchev–Trinajstić information content (AvgIpc) is 3.65. The Bertz CT molecular complexity index is 718. The van der Waals surface area contributed by atoms with Crippen molar-refractivity contribution >= 4 is 41.8 Å². The van der Waals surface area contributed by atoms with Gasteiger partial charge in [-0.05, 0) is 56.8 Å². The summed E-state index contributed by atoms with van der Waals surface area (Å²) in [6.07, 6.45) is 10.7. The largest absolute Gasteiger partial charge is 0.357 e. The van der Waals surface area contributed by atoms with E-state index in [2.05, 4.69) is 34.6 Å². The molecule has 2 N–H and O–H groups in total. The van der Waals surface area contributed by atoms with E-state index in [0.717, 1.165) is 44.0 Å². The van der Waals surface area contributed by atoms with Crippen LogP contribution in [0.3, 0.4) is 0 Å². The van der Waals surface area contributed by atoms with E-state index in [4.69, 9.17) is 4.99 Å². The molecule has 1 saturated heterocycles. The van der Waals surface area contributed by atoms with Crippen molar-refractivity contribution in [1.29, 1.82) is 0 Å². The summed E-state index contributed by atoms with van der Waals surface area (Å²) in [5, 5.41) is 6.61. The standard InChI is InChI=1S/C23H35N5O2.HI/c1-2-24-23(25-9-11-27(18-7-8-18)14-15-3-4-15)26-10-12-28-21(29)19-16-5-6-17(13-16)20(19)22(28)30;/h5-6,15-20H,2-4,7-14H2,1H3,(H2,24,25,26);1H. The fourth-order valence-electron chi connectivity index (χ4n) is 5.60. The third-order valence-electron chi connectivity index (χ3n) is 7.44. The van der Waals surface area contributed by atoms with Gasteiger partial charge in [-0.2, -0.15) is 0 Å². The molecule has 0 radical (unpaired) electrons. The summed E-state index contributed by atoms with van der Waals surface area (Å²) in [6.45, 7) is 6.84. The molecule has 31 heavy (non-hydrogen) atoms. The van der Waals surface area contributed by atoms with E-state index in [1.807, 2.05) is 0 Å². The average molecular weight is 541 g/mol. The van der Waals surface area contributed by atoms with Gasteiger partial charge < -0.3 is 10.6 Å². The summed E-state index contributed by atoms with van der Waals surface area (Å²) in [4.78, 5) is 34.4. The van der Waals surface area contributed by atoms with Crippen LogP contribution in [-0.4, -0.2) is 72.9 Å². The predicted molar refractivity (Wildman–Crippen MR) is 131 cm³/mol. The maximum Gasteiger partial charge on any atom is 0.233 e. The Hall–Kier alpha value is -1.16. The van der Waals surface area contributed by atoms with Crippen molar-refractivity contribution in [3.8, 4) is 0 Å². The van der Waals surface area contributed by atoms with Crippen molar-refractivity contribution in [2.45, 2.75) is 45.1 Å². The topological polar surface area (TPSA) is 77.0 Å². The molecule has 4 fully saturated rings. The number of amides is 2. The zero-order valence-corrected chi connectivity index (χ0v) is 20.8. The van der Waals surface area contributed by atoms with Gasteiger partial charge in [0, 0.05) is 38.8 Å². The zero-order valence-electron chi connectivity index (χ0n) is 18.5. The molecule has 5 aliphatic rings. The normalized spacial score (nSPS) is 31.4. The fraction of sp³-hybridized carbons (Fsp3) is 0.783. The van der Waals surface area contributed by atoms with Crippen molar-refractivity contribution in [3.05, 3.63) is 12.2 Å². The van der Waals surface area contributed by atoms with Gasteiger partial charge in [0.15, 0.2) is 5.96 Å². The van der Waals surface area contributed by atoms with Gasteiger partial charge >= 0.3 is 0 Å². The molecule has 1 aliphatic heterocycles. The first-order valence-electron chi connectivity index (χ1n) is 12.0. The number of nitrogens with one attached hydrogen (secondary N) is 2. The highest BCUT2D eigenvalue weighted by atomic mass is 127. The Morgan fingerprint density at radius 3 is 2.35 bits per heavy atom. The van der Waals surface area contributed by atoms with E-state index in [9.17, 15) is 9.59 Å². The number of fused-ring (bicyclic) bond motifs is 5. The second kappa shape index (κ2) is 9.77. The number of likely N-dealkylation sites (tertiary alicyclic amines) is 1. The molecule has 1 heterocycles. The summed E-state index contributed by atoms with van der Waals surface area (Å²) >= 11 is 0. The quantitative estimate of drug-likeness (QED) is 0.145. The number of nitrogens with zero attached hydrogens (tertiary/aromatic N) is 3. The first-order chi connectivity index (χ1) is 14.7. The summed E-state index contributed by atoms with van der Waals surface area (Å²) in [7, 11) is 0. The lowest BCUT2D eigenvalue weighted by Gasteiger charge is -2.21. The number of imide groups is 1. The van der Waals surface area contributed by atoms with Gasteiger partial charge in [-0.15, -0.1) is 24.0 Å². The maximum atomic E-state index is 12.8. The molecule has 4 atom stereocenters. The SMILES string of the molecule is CCNC(=NCCN(CC1CC1)C1CC1)NCCN1C(=O)C2C3C=CC(C3)C2C1=O.I. The van der Waals surface area contributed by atoms with Crippen molar-refractivity contribution in [3.63, 3.8) is 0 Å². The van der Waals surface area contributed by atoms with Crippen LogP contribution in [0.2, 0.25) is 0 Å². The van der Waals surface area contributed by atoms with Gasteiger partial charge in [-0.25, -0.2) is 0 Å². The molecular weight excluding hydrogens is 505 g/mol. The number of halogens is 1. The lowest BCUT2D eigenvalue weighted by Crippen LogP contribution is -2.44. The number of aliphatic imine (C=N–C) groups is 1. The molecule has 4 unspecified atom stereocenters. The van der Waals surface area contributed by atoms with Crippen LogP contribution in [0, 0.1) is 29.6 Å². The van der Waals surface area contributed by atoms with Crippen LogP contribution in [0.15, 0.2) is 17.1 Å². The first kappa shape index (κ1) is 23.0. The fourth-order valence-corrected chi connectivity index (χ4v) is 5.60. The van der Waals surface area contributed by atoms with Gasteiger partial charge in [0.05, 0.1) is 18.4 Å². The van der Waals surface area contributed by atoms with E-state index in [1.165, 1.54) is 37.1 Å². The number of allylic oxidation sites excluding steroid dienone is 2. The van der Waals surface area contributed by atoms with Gasteiger partial charge in [0.25, 0.3) is 0 Å². The zero-order chi connectivity index (χ0) is 20.7. The molecule has 4 aliphatic carbocycles. The van der Waals surface area contributed by atoms with E-state index >= 15 is 0 Å². The van der Waals surface area contributed by atoms with Crippen LogP contribution < -0.4 is 10.6 Å². The molecule has 0 aromatic carbocycles. The number of hydrogen-bond acceptors (Lipinski definition) is 4. The highest BCUT2D eigenvalue weighted by Crippen LogP contribution is 2.52. The summed E-state index contributed by atoms with van der Waals surface area (Å²) in [5.41, 5.74) is 0. The smallest absolute Gasteiger partial charge is 0.233 e. The molecule has 2 amide bonds. The number of guanidine groups is 1. The Balaban J connectivity index is 0.00000231. The molecule has 8 heteroatoms. The lowest BCUT2D eigenvalue weighted by atomic mass is 9.85. The molecule has 0 aromatic heterocycles. The molecule has 172 valence electrons. The summed E-state index contributed by atoms with van der Waals surface area (Å²) < 4.78 is 0. The predicted octanol–water partition coefficient (Wildman–Crippen LogP) is 1.84. The van der Waals surface area contributed by atoms with Crippen LogP contribution in [-0.2, 0) is 9.59 Å². The second-order valence-electron chi connectivity index (χ2n) is 9.68. The van der Waals surface area contributed by atoms with E-state index in [-0.39, 0.29) is 59.5 Å². The third kappa shape index (κ3) is 4.94. The van der Waals surface area contributed by atoms with Gasteiger partial charge in [0.2, 0.25) is 11.8 Å². The third-order valence-corrected chi connectivity index (χ3v) is 7.44. The van der Waals surface area contributed by atoms with E-state index in [0.29, 0.717) is 13.1 Å². The second-order valence-corrected chi connectivity index (χ2v) is 9.68. The highest BCUT2D eigenvalue weighted by Gasteiger charge is 2.58. The minimum absolute atomic E-state index is 0. The Morgan fingerprint density at radius 2 is 1.77 bits per heavy atom. The van der Waals surface area contributed by atoms with Crippen LogP contribution in [0.1, 0.15) is 39.0 Å². The van der Waals surface area contributed by atoms with Gasteiger partial charge in [-0.1, -0.05) is 12.2 Å². The molecule has 0 aromatic rings. The van der Waals surface area contributed by atoms with Crippen molar-refractivity contribution in [1.82, 2.24) is 20.4 Å². The lowest BCUT2D eigenvalue weighted by molar-refractivity contribution is -0.140. The molecule has 2 bridgehead atoms. The van der Waals surface area contributed by atoms with Crippen LogP contribution in [0.4, 0.5) is 0 Å². The van der Waals surface area contributed by atoms with E-state index < -0.39 is 0 Å². The monoisotopic (exact) mass is 541 g/mol.